The van der Waals surface area contributed by atoms with E-state index in [0.29, 0.717) is 5.92 Å². The van der Waals surface area contributed by atoms with Gasteiger partial charge in [0.1, 0.15) is 5.82 Å². The molecule has 0 unspecified atom stereocenters. The highest BCUT2D eigenvalue weighted by atomic mass is 32.1. The van der Waals surface area contributed by atoms with Crippen LogP contribution in [0.3, 0.4) is 0 Å². The van der Waals surface area contributed by atoms with Gasteiger partial charge in [0.2, 0.25) is 0 Å². The van der Waals surface area contributed by atoms with E-state index in [1.54, 1.807) is 7.11 Å². The van der Waals surface area contributed by atoms with Crippen LogP contribution in [0.5, 0.6) is 0 Å². The summed E-state index contributed by atoms with van der Waals surface area (Å²) in [5.41, 5.74) is 0. The van der Waals surface area contributed by atoms with Crippen molar-refractivity contribution in [1.82, 2.24) is 14.8 Å². The first kappa shape index (κ1) is 12.4. The summed E-state index contributed by atoms with van der Waals surface area (Å²) in [5.74, 6) is 1.44. The Balaban J connectivity index is 2.59. The van der Waals surface area contributed by atoms with E-state index in [1.807, 2.05) is 0 Å². The highest BCUT2D eigenvalue weighted by molar-refractivity contribution is 7.71. The van der Waals surface area contributed by atoms with Crippen LogP contribution in [0.25, 0.3) is 0 Å². The number of ether oxygens (including phenoxy) is 1. The third-order valence-electron chi connectivity index (χ3n) is 2.28. The zero-order chi connectivity index (χ0) is 11.3. The Morgan fingerprint density at radius 1 is 1.47 bits per heavy atom. The lowest BCUT2D eigenvalue weighted by molar-refractivity contribution is 0.191. The highest BCUT2D eigenvalue weighted by Gasteiger charge is 2.08. The minimum atomic E-state index is 0.403. The second kappa shape index (κ2) is 6.02. The van der Waals surface area contributed by atoms with Gasteiger partial charge in [-0.2, -0.15) is 5.10 Å². The van der Waals surface area contributed by atoms with Gasteiger partial charge in [-0.15, -0.1) is 0 Å². The molecule has 0 amide bonds. The fraction of sp³-hybridized carbons (Fsp3) is 0.800. The minimum Gasteiger partial charge on any atom is -0.385 e. The summed E-state index contributed by atoms with van der Waals surface area (Å²) in [5, 5.41) is 7.07. The number of aromatic amines is 1. The molecule has 0 aromatic carbocycles. The molecule has 1 N–H and O–H groups in total. The van der Waals surface area contributed by atoms with Crippen LogP contribution in [-0.4, -0.2) is 28.5 Å². The standard InChI is InChI=1S/C10H19N3OS/c1-8(2)9-11-12-10(15)13(9)6-4-5-7-14-3/h8H,4-7H2,1-3H3,(H,12,15). The molecule has 86 valence electrons. The molecule has 1 aromatic rings. The molecule has 0 saturated carbocycles. The van der Waals surface area contributed by atoms with Crippen molar-refractivity contribution < 1.29 is 4.74 Å². The molecule has 1 heterocycles. The zero-order valence-corrected chi connectivity index (χ0v) is 10.4. The molecule has 0 spiro atoms. The van der Waals surface area contributed by atoms with Crippen LogP contribution in [0, 0.1) is 4.77 Å². The smallest absolute Gasteiger partial charge is 0.195 e. The molecular weight excluding hydrogens is 210 g/mol. The van der Waals surface area contributed by atoms with Crippen molar-refractivity contribution in [2.45, 2.75) is 39.2 Å². The lowest BCUT2D eigenvalue weighted by atomic mass is 10.2. The van der Waals surface area contributed by atoms with Gasteiger partial charge >= 0.3 is 0 Å². The Morgan fingerprint density at radius 3 is 2.80 bits per heavy atom. The van der Waals surface area contributed by atoms with E-state index >= 15 is 0 Å². The molecule has 0 aliphatic heterocycles. The third kappa shape index (κ3) is 3.43. The Bertz CT molecular complexity index is 343. The average molecular weight is 229 g/mol. The molecule has 0 aliphatic carbocycles. The van der Waals surface area contributed by atoms with Crippen molar-refractivity contribution in [2.75, 3.05) is 13.7 Å². The van der Waals surface area contributed by atoms with Gasteiger partial charge in [0.25, 0.3) is 0 Å². The van der Waals surface area contributed by atoms with Gasteiger partial charge in [-0.3, -0.25) is 5.10 Å². The quantitative estimate of drug-likeness (QED) is 0.602. The number of hydrogen-bond acceptors (Lipinski definition) is 3. The first-order valence-electron chi connectivity index (χ1n) is 5.31. The first-order chi connectivity index (χ1) is 7.16. The summed E-state index contributed by atoms with van der Waals surface area (Å²) in [4.78, 5) is 0. The second-order valence-corrected chi connectivity index (χ2v) is 4.28. The van der Waals surface area contributed by atoms with Crippen LogP contribution in [-0.2, 0) is 11.3 Å². The number of nitrogens with one attached hydrogen (secondary N) is 1. The van der Waals surface area contributed by atoms with Gasteiger partial charge < -0.3 is 9.30 Å². The summed E-state index contributed by atoms with van der Waals surface area (Å²) >= 11 is 5.18. The summed E-state index contributed by atoms with van der Waals surface area (Å²) in [7, 11) is 1.73. The van der Waals surface area contributed by atoms with Crippen molar-refractivity contribution >= 4 is 12.2 Å². The van der Waals surface area contributed by atoms with Gasteiger partial charge in [0, 0.05) is 26.2 Å². The molecule has 0 aliphatic rings. The SMILES string of the molecule is COCCCCn1c(C(C)C)n[nH]c1=S. The highest BCUT2D eigenvalue weighted by Crippen LogP contribution is 2.12. The summed E-state index contributed by atoms with van der Waals surface area (Å²) in [6, 6.07) is 0. The summed E-state index contributed by atoms with van der Waals surface area (Å²) in [6.45, 7) is 5.97. The largest absolute Gasteiger partial charge is 0.385 e. The van der Waals surface area contributed by atoms with Crippen LogP contribution >= 0.6 is 12.2 Å². The van der Waals surface area contributed by atoms with Crippen molar-refractivity contribution in [3.05, 3.63) is 10.6 Å². The van der Waals surface area contributed by atoms with E-state index in [0.717, 1.165) is 36.6 Å². The van der Waals surface area contributed by atoms with E-state index in [4.69, 9.17) is 17.0 Å². The van der Waals surface area contributed by atoms with Crippen molar-refractivity contribution in [3.63, 3.8) is 0 Å². The van der Waals surface area contributed by atoms with Crippen molar-refractivity contribution in [3.8, 4) is 0 Å². The fourth-order valence-electron chi connectivity index (χ4n) is 1.50. The van der Waals surface area contributed by atoms with E-state index < -0.39 is 0 Å². The molecule has 4 nitrogen and oxygen atoms in total. The molecule has 0 saturated heterocycles. The predicted molar refractivity (Wildman–Crippen MR) is 62.6 cm³/mol. The number of nitrogens with zero attached hydrogens (tertiary/aromatic N) is 2. The summed E-state index contributed by atoms with van der Waals surface area (Å²) in [6.07, 6.45) is 2.13. The number of H-pyrrole nitrogens is 1. The molecule has 0 bridgehead atoms. The number of hydrogen-bond donors (Lipinski definition) is 1. The topological polar surface area (TPSA) is 42.8 Å². The minimum absolute atomic E-state index is 0.403. The molecule has 5 heteroatoms. The molecule has 0 atom stereocenters. The van der Waals surface area contributed by atoms with E-state index in [1.165, 1.54) is 0 Å². The third-order valence-corrected chi connectivity index (χ3v) is 2.60. The molecular formula is C10H19N3OS. The maximum atomic E-state index is 5.18. The van der Waals surface area contributed by atoms with Crippen LogP contribution in [0.4, 0.5) is 0 Å². The maximum absolute atomic E-state index is 5.18. The molecule has 15 heavy (non-hydrogen) atoms. The van der Waals surface area contributed by atoms with Gasteiger partial charge in [-0.05, 0) is 25.1 Å². The molecule has 0 fully saturated rings. The van der Waals surface area contributed by atoms with Crippen molar-refractivity contribution in [2.24, 2.45) is 0 Å². The Labute approximate surface area is 95.7 Å². The van der Waals surface area contributed by atoms with Gasteiger partial charge in [-0.1, -0.05) is 13.8 Å². The Hall–Kier alpha value is -0.680. The lowest BCUT2D eigenvalue weighted by Crippen LogP contribution is -2.06. The zero-order valence-electron chi connectivity index (χ0n) is 9.62. The average Bonchev–Trinajstić information content (AvgIpc) is 2.55. The van der Waals surface area contributed by atoms with Crippen LogP contribution < -0.4 is 0 Å². The van der Waals surface area contributed by atoms with Crippen LogP contribution in [0.15, 0.2) is 0 Å². The van der Waals surface area contributed by atoms with Crippen molar-refractivity contribution in [1.29, 1.82) is 0 Å². The van der Waals surface area contributed by atoms with E-state index in [9.17, 15) is 0 Å². The molecule has 0 radical (unpaired) electrons. The maximum Gasteiger partial charge on any atom is 0.195 e. The normalized spacial score (nSPS) is 11.2. The van der Waals surface area contributed by atoms with Crippen LogP contribution in [0.1, 0.15) is 38.4 Å². The number of aromatic nitrogens is 3. The second-order valence-electron chi connectivity index (χ2n) is 3.89. The monoisotopic (exact) mass is 229 g/mol. The summed E-state index contributed by atoms with van der Waals surface area (Å²) < 4.78 is 7.81. The van der Waals surface area contributed by atoms with Gasteiger partial charge in [0.15, 0.2) is 4.77 Å². The van der Waals surface area contributed by atoms with Gasteiger partial charge in [-0.25, -0.2) is 0 Å². The van der Waals surface area contributed by atoms with E-state index in [2.05, 4.69) is 28.6 Å². The van der Waals surface area contributed by atoms with Crippen LogP contribution in [0.2, 0.25) is 0 Å². The van der Waals surface area contributed by atoms with E-state index in [-0.39, 0.29) is 0 Å². The number of unbranched alkanes of at least 4 members (excludes halogenated alkanes) is 1. The first-order valence-corrected chi connectivity index (χ1v) is 5.71. The fourth-order valence-corrected chi connectivity index (χ4v) is 1.73. The van der Waals surface area contributed by atoms with Gasteiger partial charge in [0.05, 0.1) is 0 Å². The molecule has 1 aromatic heterocycles. The molecule has 1 rings (SSSR count). The Morgan fingerprint density at radius 2 is 2.20 bits per heavy atom. The number of methoxy groups -OCH3 is 1. The Kier molecular flexibility index (Phi) is 4.98. The number of rotatable bonds is 6. The lowest BCUT2D eigenvalue weighted by Gasteiger charge is -2.08. The predicted octanol–water partition coefficient (Wildman–Crippen LogP) is 2.49.